The van der Waals surface area contributed by atoms with E-state index in [0.717, 1.165) is 31.8 Å². The Morgan fingerprint density at radius 2 is 2.05 bits per heavy atom. The maximum atomic E-state index is 11.1. The quantitative estimate of drug-likeness (QED) is 0.883. The summed E-state index contributed by atoms with van der Waals surface area (Å²) in [5.41, 5.74) is 5.35. The normalized spacial score (nSPS) is 23.4. The fourth-order valence-corrected chi connectivity index (χ4v) is 2.65. The van der Waals surface area contributed by atoms with Gasteiger partial charge in [-0.05, 0) is 45.7 Å². The van der Waals surface area contributed by atoms with Crippen LogP contribution < -0.4 is 5.73 Å². The predicted octanol–water partition coefficient (Wildman–Crippen LogP) is 1.21. The Labute approximate surface area is 112 Å². The van der Waals surface area contributed by atoms with Gasteiger partial charge >= 0.3 is 0 Å². The van der Waals surface area contributed by atoms with E-state index in [2.05, 4.69) is 22.0 Å². The van der Waals surface area contributed by atoms with E-state index in [9.17, 15) is 4.79 Å². The van der Waals surface area contributed by atoms with Crippen LogP contribution in [0.5, 0.6) is 0 Å². The second kappa shape index (κ2) is 4.92. The summed E-state index contributed by atoms with van der Waals surface area (Å²) in [5, 5.41) is 4.05. The first-order chi connectivity index (χ1) is 9.15. The topological polar surface area (TPSA) is 85.2 Å². The van der Waals surface area contributed by atoms with Gasteiger partial charge in [-0.3, -0.25) is 9.69 Å². The molecule has 0 radical (unpaired) electrons. The zero-order valence-electron chi connectivity index (χ0n) is 11.2. The molecule has 2 heterocycles. The summed E-state index contributed by atoms with van der Waals surface area (Å²) in [6.45, 7) is 3.79. The molecule has 2 aliphatic rings. The molecule has 6 heteroatoms. The van der Waals surface area contributed by atoms with Gasteiger partial charge in [-0.25, -0.2) is 0 Å². The first kappa shape index (κ1) is 12.6. The Morgan fingerprint density at radius 1 is 1.37 bits per heavy atom. The summed E-state index contributed by atoms with van der Waals surface area (Å²) in [6, 6.07) is 0.119. The minimum Gasteiger partial charge on any atom is -0.369 e. The van der Waals surface area contributed by atoms with Crippen LogP contribution in [0.15, 0.2) is 4.52 Å². The molecular formula is C13H20N4O2. The summed E-state index contributed by atoms with van der Waals surface area (Å²) >= 11 is 0. The smallest absolute Gasteiger partial charge is 0.243 e. The number of primary amides is 1. The summed E-state index contributed by atoms with van der Waals surface area (Å²) in [6.07, 6.45) is 4.00. The van der Waals surface area contributed by atoms with Crippen LogP contribution in [0.2, 0.25) is 0 Å². The van der Waals surface area contributed by atoms with E-state index in [1.54, 1.807) is 0 Å². The number of nitrogens with two attached hydrogens (primary N) is 1. The number of carbonyl (C=O) groups is 1. The van der Waals surface area contributed by atoms with Gasteiger partial charge in [0.1, 0.15) is 0 Å². The van der Waals surface area contributed by atoms with Crippen molar-refractivity contribution < 1.29 is 9.32 Å². The van der Waals surface area contributed by atoms with E-state index < -0.39 is 0 Å². The van der Waals surface area contributed by atoms with E-state index >= 15 is 0 Å². The maximum absolute atomic E-state index is 11.1. The molecule has 0 aromatic carbocycles. The van der Waals surface area contributed by atoms with Crippen LogP contribution >= 0.6 is 0 Å². The number of hydrogen-bond donors (Lipinski definition) is 1. The first-order valence-electron chi connectivity index (χ1n) is 7.02. The maximum Gasteiger partial charge on any atom is 0.243 e. The molecule has 1 saturated heterocycles. The van der Waals surface area contributed by atoms with Crippen LogP contribution in [-0.2, 0) is 4.79 Å². The Balaban J connectivity index is 1.60. The van der Waals surface area contributed by atoms with Crippen molar-refractivity contribution in [3.63, 3.8) is 0 Å². The van der Waals surface area contributed by atoms with Gasteiger partial charge < -0.3 is 10.3 Å². The monoisotopic (exact) mass is 264 g/mol. The molecule has 19 heavy (non-hydrogen) atoms. The van der Waals surface area contributed by atoms with E-state index in [1.807, 2.05) is 0 Å². The number of likely N-dealkylation sites (tertiary alicyclic amines) is 1. The van der Waals surface area contributed by atoms with Crippen molar-refractivity contribution >= 4 is 5.91 Å². The van der Waals surface area contributed by atoms with Gasteiger partial charge in [0.2, 0.25) is 11.8 Å². The Morgan fingerprint density at radius 3 is 2.63 bits per heavy atom. The van der Waals surface area contributed by atoms with Gasteiger partial charge in [0, 0.05) is 11.8 Å². The fraction of sp³-hybridized carbons (Fsp3) is 0.769. The SMILES string of the molecule is C[C@@H](c1nc(C2CC2)no1)N1CCC(C(N)=O)CC1. The summed E-state index contributed by atoms with van der Waals surface area (Å²) in [4.78, 5) is 17.9. The van der Waals surface area contributed by atoms with Crippen molar-refractivity contribution in [2.75, 3.05) is 13.1 Å². The lowest BCUT2D eigenvalue weighted by molar-refractivity contribution is -0.123. The molecule has 0 bridgehead atoms. The predicted molar refractivity (Wildman–Crippen MR) is 68.2 cm³/mol. The molecular weight excluding hydrogens is 244 g/mol. The number of piperidine rings is 1. The molecule has 1 aliphatic heterocycles. The zero-order valence-corrected chi connectivity index (χ0v) is 11.2. The Kier molecular flexibility index (Phi) is 3.26. The molecule has 0 unspecified atom stereocenters. The highest BCUT2D eigenvalue weighted by Gasteiger charge is 2.32. The average molecular weight is 264 g/mol. The molecule has 1 aromatic heterocycles. The van der Waals surface area contributed by atoms with Gasteiger partial charge in [-0.2, -0.15) is 4.98 Å². The number of rotatable bonds is 4. The van der Waals surface area contributed by atoms with Gasteiger partial charge in [-0.1, -0.05) is 5.16 Å². The molecule has 0 spiro atoms. The van der Waals surface area contributed by atoms with Gasteiger partial charge in [-0.15, -0.1) is 0 Å². The van der Waals surface area contributed by atoms with Gasteiger partial charge in [0.05, 0.1) is 6.04 Å². The fourth-order valence-electron chi connectivity index (χ4n) is 2.65. The standard InChI is InChI=1S/C13H20N4O2/c1-8(13-15-12(16-19-13)10-2-3-10)17-6-4-9(5-7-17)11(14)18/h8-10H,2-7H2,1H3,(H2,14,18)/t8-/m0/s1. The van der Waals surface area contributed by atoms with Crippen molar-refractivity contribution in [1.29, 1.82) is 0 Å². The lowest BCUT2D eigenvalue weighted by atomic mass is 9.95. The van der Waals surface area contributed by atoms with Crippen molar-refractivity contribution in [2.45, 2.75) is 44.6 Å². The van der Waals surface area contributed by atoms with Crippen LogP contribution in [0.25, 0.3) is 0 Å². The highest BCUT2D eigenvalue weighted by Crippen LogP contribution is 2.38. The van der Waals surface area contributed by atoms with Crippen LogP contribution in [-0.4, -0.2) is 34.0 Å². The van der Waals surface area contributed by atoms with Gasteiger partial charge in [0.25, 0.3) is 0 Å². The summed E-state index contributed by atoms with van der Waals surface area (Å²) in [5.74, 6) is 1.91. The molecule has 1 atom stereocenters. The molecule has 1 aromatic rings. The van der Waals surface area contributed by atoms with E-state index in [-0.39, 0.29) is 17.9 Å². The minimum atomic E-state index is -0.180. The molecule has 3 rings (SSSR count). The lowest BCUT2D eigenvalue weighted by Gasteiger charge is -2.33. The molecule has 1 amide bonds. The first-order valence-corrected chi connectivity index (χ1v) is 7.02. The molecule has 2 fully saturated rings. The van der Waals surface area contributed by atoms with Crippen LogP contribution in [0.1, 0.15) is 56.3 Å². The van der Waals surface area contributed by atoms with E-state index in [4.69, 9.17) is 10.3 Å². The third kappa shape index (κ3) is 2.63. The summed E-state index contributed by atoms with van der Waals surface area (Å²) in [7, 11) is 0. The third-order valence-electron chi connectivity index (χ3n) is 4.24. The highest BCUT2D eigenvalue weighted by molar-refractivity contribution is 5.76. The lowest BCUT2D eigenvalue weighted by Crippen LogP contribution is -2.39. The number of hydrogen-bond acceptors (Lipinski definition) is 5. The zero-order chi connectivity index (χ0) is 13.4. The van der Waals surface area contributed by atoms with Crippen molar-refractivity contribution in [1.82, 2.24) is 15.0 Å². The number of amides is 1. The van der Waals surface area contributed by atoms with Crippen LogP contribution in [0, 0.1) is 5.92 Å². The van der Waals surface area contributed by atoms with E-state index in [0.29, 0.717) is 11.8 Å². The van der Waals surface area contributed by atoms with Crippen LogP contribution in [0.4, 0.5) is 0 Å². The molecule has 1 aliphatic carbocycles. The molecule has 6 nitrogen and oxygen atoms in total. The summed E-state index contributed by atoms with van der Waals surface area (Å²) < 4.78 is 5.36. The van der Waals surface area contributed by atoms with Crippen molar-refractivity contribution in [2.24, 2.45) is 11.7 Å². The highest BCUT2D eigenvalue weighted by atomic mass is 16.5. The number of carbonyl (C=O) groups excluding carboxylic acids is 1. The van der Waals surface area contributed by atoms with Crippen molar-refractivity contribution in [3.8, 4) is 0 Å². The second-order valence-electron chi connectivity index (χ2n) is 5.65. The largest absolute Gasteiger partial charge is 0.369 e. The second-order valence-corrected chi connectivity index (χ2v) is 5.65. The van der Waals surface area contributed by atoms with Crippen molar-refractivity contribution in [3.05, 3.63) is 11.7 Å². The molecule has 1 saturated carbocycles. The van der Waals surface area contributed by atoms with E-state index in [1.165, 1.54) is 12.8 Å². The van der Waals surface area contributed by atoms with Gasteiger partial charge in [0.15, 0.2) is 5.82 Å². The Hall–Kier alpha value is -1.43. The number of nitrogens with zero attached hydrogens (tertiary/aromatic N) is 3. The van der Waals surface area contributed by atoms with Crippen LogP contribution in [0.3, 0.4) is 0 Å². The molecule has 2 N–H and O–H groups in total. The Bertz CT molecular complexity index is 461. The molecule has 104 valence electrons. The minimum absolute atomic E-state index is 0.0214. The average Bonchev–Trinajstić information content (AvgIpc) is 3.16. The number of aromatic nitrogens is 2. The third-order valence-corrected chi connectivity index (χ3v) is 4.24.